The average Bonchev–Trinajstić information content (AvgIpc) is 3.28. The molecule has 0 saturated heterocycles. The molecular weight excluding hydrogens is 564 g/mol. The first-order valence-corrected chi connectivity index (χ1v) is 13.9. The van der Waals surface area contributed by atoms with Gasteiger partial charge < -0.3 is 18.9 Å². The molecule has 0 heterocycles. The van der Waals surface area contributed by atoms with E-state index in [0.29, 0.717) is 33.4 Å². The van der Waals surface area contributed by atoms with Gasteiger partial charge in [-0.3, -0.25) is 0 Å². The Bertz CT molecular complexity index is 1570. The highest BCUT2D eigenvalue weighted by Gasteiger charge is 2.34. The summed E-state index contributed by atoms with van der Waals surface area (Å²) >= 11 is 0. The zero-order chi connectivity index (χ0) is 32.0. The van der Waals surface area contributed by atoms with Crippen molar-refractivity contribution in [2.75, 3.05) is 26.4 Å². The van der Waals surface area contributed by atoms with Crippen LogP contribution in [0.3, 0.4) is 0 Å². The summed E-state index contributed by atoms with van der Waals surface area (Å²) in [7, 11) is 0. The van der Waals surface area contributed by atoms with Crippen LogP contribution in [0, 0.1) is 13.1 Å². The summed E-state index contributed by atoms with van der Waals surface area (Å²) in [6, 6.07) is 13.4. The quantitative estimate of drug-likeness (QED) is 0.112. The molecule has 0 aromatic rings. The van der Waals surface area contributed by atoms with E-state index in [-0.39, 0.29) is 60.1 Å². The number of ether oxygens (including phenoxy) is 4. The van der Waals surface area contributed by atoms with E-state index < -0.39 is 23.9 Å². The number of hydrogen-bond acceptors (Lipinski definition) is 8. The number of nitrogens with zero attached hydrogens (tertiary/aromatic N) is 2. The normalized spacial score (nSPS) is 10.5. The van der Waals surface area contributed by atoms with E-state index in [1.807, 2.05) is 0 Å². The number of hydrogen-bond donors (Lipinski definition) is 0. The third-order valence-corrected chi connectivity index (χ3v) is 6.80. The fraction of sp³-hybridized carbons (Fsp3) is 0.235. The van der Waals surface area contributed by atoms with Gasteiger partial charge >= 0.3 is 23.9 Å². The monoisotopic (exact) mass is 592 g/mol. The minimum absolute atomic E-state index is 0.0239. The lowest BCUT2D eigenvalue weighted by molar-refractivity contribution is 0.0513. The Morgan fingerprint density at radius 2 is 0.705 bits per heavy atom. The summed E-state index contributed by atoms with van der Waals surface area (Å²) in [5.41, 5.74) is 2.31. The summed E-state index contributed by atoms with van der Waals surface area (Å²) in [6.45, 7) is 22.3. The topological polar surface area (TPSA) is 114 Å². The highest BCUT2D eigenvalue weighted by Crippen LogP contribution is 2.45. The number of carbonyl (C=O) groups is 4. The molecule has 222 valence electrons. The van der Waals surface area contributed by atoms with Crippen molar-refractivity contribution in [1.82, 2.24) is 0 Å². The maximum atomic E-state index is 12.9. The third kappa shape index (κ3) is 5.53. The van der Waals surface area contributed by atoms with Crippen LogP contribution in [-0.4, -0.2) is 50.3 Å². The molecule has 0 aromatic heterocycles. The SMILES string of the molecule is [C-]#[N+]c1c(C(=O)OCC)c2ccc(-c3ccc4c(C(=O)OCC)c([N+]#[C-])c(C(=O)OCC)c-4cc3)ccc-2c1C(=O)OCC. The van der Waals surface area contributed by atoms with E-state index in [2.05, 4.69) is 9.69 Å². The smallest absolute Gasteiger partial charge is 0.328 e. The first-order chi connectivity index (χ1) is 21.3. The summed E-state index contributed by atoms with van der Waals surface area (Å²) in [4.78, 5) is 58.7. The number of esters is 4. The average molecular weight is 593 g/mol. The van der Waals surface area contributed by atoms with Gasteiger partial charge in [0.1, 0.15) is 0 Å². The van der Waals surface area contributed by atoms with E-state index >= 15 is 0 Å². The molecule has 4 aliphatic carbocycles. The molecule has 0 fully saturated rings. The Hall–Kier alpha value is -5.74. The molecule has 0 atom stereocenters. The molecule has 0 amide bonds. The van der Waals surface area contributed by atoms with Crippen molar-refractivity contribution in [1.29, 1.82) is 0 Å². The molecule has 4 rings (SSSR count). The highest BCUT2D eigenvalue weighted by atomic mass is 16.5. The number of carbonyl (C=O) groups excluding carboxylic acids is 4. The van der Waals surface area contributed by atoms with Crippen LogP contribution >= 0.6 is 0 Å². The molecule has 0 spiro atoms. The van der Waals surface area contributed by atoms with Crippen molar-refractivity contribution in [2.45, 2.75) is 27.7 Å². The van der Waals surface area contributed by atoms with Gasteiger partial charge in [0, 0.05) is 0 Å². The zero-order valence-electron chi connectivity index (χ0n) is 24.6. The fourth-order valence-electron chi connectivity index (χ4n) is 5.04. The molecule has 0 N–H and O–H groups in total. The molecule has 0 radical (unpaired) electrons. The standard InChI is InChI=1S/C34H28N2O8/c1-7-41-31(37)25-21-15-11-19(12-16-22(21)26(29(25)35-5)32(38)42-8-2)20-13-17-23-24(18-14-20)28(34(40)44-10-4)30(36-6)27(23)33(39)43-9-3/h11-18H,7-10H2,1-4H3. The maximum absolute atomic E-state index is 12.9. The fourth-order valence-corrected chi connectivity index (χ4v) is 5.04. The zero-order valence-corrected chi connectivity index (χ0v) is 24.6. The lowest BCUT2D eigenvalue weighted by atomic mass is 10.1. The van der Waals surface area contributed by atoms with Crippen LogP contribution in [0.1, 0.15) is 69.1 Å². The Labute approximate surface area is 254 Å². The lowest BCUT2D eigenvalue weighted by Gasteiger charge is -2.02. The van der Waals surface area contributed by atoms with Gasteiger partial charge in [-0.2, -0.15) is 0 Å². The van der Waals surface area contributed by atoms with E-state index in [4.69, 9.17) is 32.1 Å². The van der Waals surface area contributed by atoms with Crippen molar-refractivity contribution in [3.63, 3.8) is 0 Å². The minimum atomic E-state index is -0.731. The van der Waals surface area contributed by atoms with Crippen LogP contribution in [0.25, 0.3) is 43.1 Å². The van der Waals surface area contributed by atoms with Gasteiger partial charge in [-0.1, -0.05) is 48.5 Å². The molecule has 0 unspecified atom stereocenters. The van der Waals surface area contributed by atoms with E-state index in [1.165, 1.54) is 0 Å². The Morgan fingerprint density at radius 1 is 0.477 bits per heavy atom. The molecule has 44 heavy (non-hydrogen) atoms. The molecule has 0 aliphatic heterocycles. The maximum Gasteiger partial charge on any atom is 0.328 e. The molecular formula is C34H28N2O8. The van der Waals surface area contributed by atoms with E-state index in [9.17, 15) is 19.2 Å². The minimum Gasteiger partial charge on any atom is -0.463 e. The van der Waals surface area contributed by atoms with Gasteiger partial charge in [-0.05, 0) is 61.1 Å². The third-order valence-electron chi connectivity index (χ3n) is 6.80. The van der Waals surface area contributed by atoms with Gasteiger partial charge in [0.2, 0.25) is 11.4 Å². The summed E-state index contributed by atoms with van der Waals surface area (Å²) in [6.07, 6.45) is 0. The van der Waals surface area contributed by atoms with Gasteiger partial charge in [0.25, 0.3) is 0 Å². The van der Waals surface area contributed by atoms with Crippen LogP contribution in [0.5, 0.6) is 0 Å². The van der Waals surface area contributed by atoms with E-state index in [0.717, 1.165) is 0 Å². The molecule has 0 bridgehead atoms. The van der Waals surface area contributed by atoms with Crippen molar-refractivity contribution in [2.24, 2.45) is 0 Å². The Morgan fingerprint density at radius 3 is 0.886 bits per heavy atom. The van der Waals surface area contributed by atoms with Gasteiger partial charge in [-0.25, -0.2) is 28.9 Å². The van der Waals surface area contributed by atoms with Crippen molar-refractivity contribution >= 4 is 35.3 Å². The second-order valence-electron chi connectivity index (χ2n) is 9.20. The molecule has 0 aromatic carbocycles. The summed E-state index contributed by atoms with van der Waals surface area (Å²) in [5.74, 6) is -2.92. The molecule has 10 heteroatoms. The van der Waals surface area contributed by atoms with Crippen LogP contribution in [-0.2, 0) is 18.9 Å². The first kappa shape index (κ1) is 31.2. The molecule has 0 saturated carbocycles. The Kier molecular flexibility index (Phi) is 9.57. The number of fused-ring (bicyclic) bond motifs is 2. The second kappa shape index (κ2) is 13.5. The Balaban J connectivity index is 1.98. The van der Waals surface area contributed by atoms with Crippen LogP contribution in [0.2, 0.25) is 0 Å². The van der Waals surface area contributed by atoms with E-state index in [1.54, 1.807) is 76.2 Å². The summed E-state index contributed by atoms with van der Waals surface area (Å²) < 4.78 is 20.8. The summed E-state index contributed by atoms with van der Waals surface area (Å²) in [5, 5.41) is 0. The number of rotatable bonds is 9. The van der Waals surface area contributed by atoms with Crippen molar-refractivity contribution in [3.8, 4) is 33.4 Å². The predicted octanol–water partition coefficient (Wildman–Crippen LogP) is 7.37. The van der Waals surface area contributed by atoms with Crippen molar-refractivity contribution in [3.05, 3.63) is 93.6 Å². The first-order valence-electron chi connectivity index (χ1n) is 13.9. The molecule has 10 nitrogen and oxygen atoms in total. The van der Waals surface area contributed by atoms with Gasteiger partial charge in [0.15, 0.2) is 0 Å². The van der Waals surface area contributed by atoms with Crippen molar-refractivity contribution < 1.29 is 38.1 Å². The van der Waals surface area contributed by atoms with Crippen LogP contribution < -0.4 is 0 Å². The highest BCUT2D eigenvalue weighted by molar-refractivity contribution is 6.17. The van der Waals surface area contributed by atoms with Gasteiger partial charge in [0.05, 0.1) is 61.8 Å². The second-order valence-corrected chi connectivity index (χ2v) is 9.20. The van der Waals surface area contributed by atoms with Crippen LogP contribution in [0.4, 0.5) is 11.4 Å². The van der Waals surface area contributed by atoms with Gasteiger partial charge in [-0.15, -0.1) is 0 Å². The van der Waals surface area contributed by atoms with Crippen LogP contribution in [0.15, 0.2) is 48.5 Å². The largest absolute Gasteiger partial charge is 0.463 e. The lowest BCUT2D eigenvalue weighted by Crippen LogP contribution is -2.05. The molecule has 4 aliphatic rings. The predicted molar refractivity (Wildman–Crippen MR) is 161 cm³/mol.